The molecule has 3 N–H and O–H groups in total. The fourth-order valence-corrected chi connectivity index (χ4v) is 5.51. The molecule has 0 bridgehead atoms. The smallest absolute Gasteiger partial charge is 0.418 e. The predicted molar refractivity (Wildman–Crippen MR) is 137 cm³/mol. The van der Waals surface area contributed by atoms with E-state index >= 15 is 4.39 Å². The predicted octanol–water partition coefficient (Wildman–Crippen LogP) is 3.97. The molecule has 0 radical (unpaired) electrons. The van der Waals surface area contributed by atoms with E-state index in [2.05, 4.69) is 20.4 Å². The molecule has 0 spiro atoms. The van der Waals surface area contributed by atoms with Crippen molar-refractivity contribution in [3.8, 4) is 6.01 Å². The molecule has 1 aromatic carbocycles. The number of carbonyl (C=O) groups is 1. The van der Waals surface area contributed by atoms with E-state index in [4.69, 9.17) is 26.8 Å². The molecule has 0 saturated heterocycles. The molecular weight excluding hydrogens is 558 g/mol. The maximum Gasteiger partial charge on any atom is 0.418 e. The lowest BCUT2D eigenvalue weighted by molar-refractivity contribution is -0.140. The Morgan fingerprint density at radius 3 is 2.73 bits per heavy atom. The Bertz CT molecular complexity index is 1490. The van der Waals surface area contributed by atoms with Gasteiger partial charge in [0.05, 0.1) is 54.0 Å². The molecule has 4 heterocycles. The highest BCUT2D eigenvalue weighted by atomic mass is 35.5. The molecule has 0 fully saturated rings. The lowest BCUT2D eigenvalue weighted by Crippen LogP contribution is -2.29. The molecule has 1 atom stereocenters. The van der Waals surface area contributed by atoms with Crippen molar-refractivity contribution >= 4 is 29.0 Å². The van der Waals surface area contributed by atoms with Crippen molar-refractivity contribution in [2.75, 3.05) is 31.3 Å². The van der Waals surface area contributed by atoms with E-state index < -0.39 is 39.9 Å². The number of alkyl halides is 3. The number of ether oxygens (including phenoxy) is 2. The summed E-state index contributed by atoms with van der Waals surface area (Å²) >= 11 is 5.88. The number of nitrogens with zero attached hydrogens (tertiary/aromatic N) is 5. The molecule has 0 aliphatic carbocycles. The van der Waals surface area contributed by atoms with Gasteiger partial charge in [-0.3, -0.25) is 9.48 Å². The summed E-state index contributed by atoms with van der Waals surface area (Å²) in [5, 5.41) is 6.35. The van der Waals surface area contributed by atoms with Crippen molar-refractivity contribution < 1.29 is 31.8 Å². The zero-order chi connectivity index (χ0) is 28.9. The molecule has 1 amide bonds. The van der Waals surface area contributed by atoms with E-state index in [1.807, 2.05) is 11.8 Å². The molecule has 214 valence electrons. The van der Waals surface area contributed by atoms with Gasteiger partial charge in [-0.1, -0.05) is 11.6 Å². The number of nitrogens with one attached hydrogen (secondary N) is 1. The van der Waals surface area contributed by atoms with Gasteiger partial charge in [-0.15, -0.1) is 0 Å². The van der Waals surface area contributed by atoms with Crippen LogP contribution in [0.3, 0.4) is 0 Å². The highest BCUT2D eigenvalue weighted by Gasteiger charge is 2.42. The standard InChI is InChI=1S/C25H26ClF4N7O3/c1-11-16-9-36(5-4-6-37(16)35-21(11)23(38)32-2)22-12-10-40-17(8-15(12)33-24(34-22)39-3)18-19(25(28,29)30)13(26)7-14(31)20(18)27/h7,17H,4-6,8-10,31H2,1-3H3,(H,32,38). The molecule has 0 saturated carbocycles. The summed E-state index contributed by atoms with van der Waals surface area (Å²) in [6.07, 6.45) is -5.83. The van der Waals surface area contributed by atoms with Gasteiger partial charge in [-0.25, -0.2) is 4.39 Å². The maximum atomic E-state index is 15.1. The fraction of sp³-hybridized carbons (Fsp3) is 0.440. The van der Waals surface area contributed by atoms with E-state index in [1.165, 1.54) is 14.2 Å². The average Bonchev–Trinajstić information content (AvgIpc) is 3.07. The number of anilines is 2. The molecule has 2 aliphatic heterocycles. The van der Waals surface area contributed by atoms with Crippen molar-refractivity contribution in [1.82, 2.24) is 25.1 Å². The van der Waals surface area contributed by atoms with E-state index in [0.717, 1.165) is 17.3 Å². The van der Waals surface area contributed by atoms with Crippen LogP contribution in [0.2, 0.25) is 5.02 Å². The van der Waals surface area contributed by atoms with Crippen molar-refractivity contribution in [3.63, 3.8) is 0 Å². The second-order valence-corrected chi connectivity index (χ2v) is 9.92. The number of aromatic nitrogens is 4. The number of fused-ring (bicyclic) bond motifs is 2. The summed E-state index contributed by atoms with van der Waals surface area (Å²) in [5.74, 6) is -1.06. The van der Waals surface area contributed by atoms with Crippen LogP contribution in [-0.2, 0) is 37.0 Å². The van der Waals surface area contributed by atoms with Crippen LogP contribution < -0.4 is 20.7 Å². The third kappa shape index (κ3) is 4.79. The number of hydrogen-bond acceptors (Lipinski definition) is 8. The van der Waals surface area contributed by atoms with Crippen LogP contribution in [0.1, 0.15) is 56.7 Å². The van der Waals surface area contributed by atoms with Gasteiger partial charge in [-0.05, 0) is 19.4 Å². The summed E-state index contributed by atoms with van der Waals surface area (Å²) in [6, 6.07) is 0.738. The topological polar surface area (TPSA) is 120 Å². The minimum absolute atomic E-state index is 0.00273. The largest absolute Gasteiger partial charge is 0.467 e. The van der Waals surface area contributed by atoms with Crippen LogP contribution in [0.15, 0.2) is 6.07 Å². The number of benzene rings is 1. The van der Waals surface area contributed by atoms with Crippen LogP contribution in [0.25, 0.3) is 0 Å². The van der Waals surface area contributed by atoms with Crippen LogP contribution >= 0.6 is 11.6 Å². The third-order valence-corrected chi connectivity index (χ3v) is 7.43. The molecular formula is C25H26ClF4N7O3. The highest BCUT2D eigenvalue weighted by molar-refractivity contribution is 6.31. The Hall–Kier alpha value is -3.65. The van der Waals surface area contributed by atoms with Gasteiger partial charge in [-0.2, -0.15) is 28.2 Å². The highest BCUT2D eigenvalue weighted by Crippen LogP contribution is 2.46. The number of rotatable bonds is 4. The molecule has 3 aromatic rings. The van der Waals surface area contributed by atoms with E-state index in [9.17, 15) is 18.0 Å². The fourth-order valence-electron chi connectivity index (χ4n) is 5.18. The zero-order valence-electron chi connectivity index (χ0n) is 21.8. The minimum atomic E-state index is -4.94. The molecule has 40 heavy (non-hydrogen) atoms. The van der Waals surface area contributed by atoms with E-state index in [1.54, 1.807) is 4.68 Å². The van der Waals surface area contributed by atoms with Crippen LogP contribution in [0.5, 0.6) is 6.01 Å². The van der Waals surface area contributed by atoms with Crippen LogP contribution in [0, 0.1) is 12.7 Å². The first kappa shape index (κ1) is 27.9. The Labute approximate surface area is 231 Å². The quantitative estimate of drug-likeness (QED) is 0.350. The number of halogens is 5. The summed E-state index contributed by atoms with van der Waals surface area (Å²) in [5.41, 5.74) is 5.78. The number of carbonyl (C=O) groups excluding carboxylic acids is 1. The lowest BCUT2D eigenvalue weighted by Gasteiger charge is -2.31. The van der Waals surface area contributed by atoms with Crippen molar-refractivity contribution in [2.24, 2.45) is 0 Å². The summed E-state index contributed by atoms with van der Waals surface area (Å²) in [6.45, 7) is 3.11. The number of nitrogens with two attached hydrogens (primary N) is 1. The Morgan fingerprint density at radius 2 is 2.05 bits per heavy atom. The van der Waals surface area contributed by atoms with E-state index in [0.29, 0.717) is 48.8 Å². The van der Waals surface area contributed by atoms with Gasteiger partial charge in [0.25, 0.3) is 5.91 Å². The van der Waals surface area contributed by atoms with Crippen molar-refractivity contribution in [1.29, 1.82) is 0 Å². The third-order valence-electron chi connectivity index (χ3n) is 7.13. The Morgan fingerprint density at radius 1 is 1.30 bits per heavy atom. The normalized spacial score (nSPS) is 17.2. The molecule has 15 heteroatoms. The first-order valence-electron chi connectivity index (χ1n) is 12.4. The van der Waals surface area contributed by atoms with Gasteiger partial charge in [0.15, 0.2) is 11.5 Å². The number of aryl methyl sites for hydroxylation is 1. The first-order chi connectivity index (χ1) is 18.9. The van der Waals surface area contributed by atoms with Crippen LogP contribution in [-0.4, -0.2) is 46.4 Å². The Kier molecular flexibility index (Phi) is 7.25. The Balaban J connectivity index is 1.55. The monoisotopic (exact) mass is 583 g/mol. The van der Waals surface area contributed by atoms with Gasteiger partial charge >= 0.3 is 12.2 Å². The summed E-state index contributed by atoms with van der Waals surface area (Å²) in [7, 11) is 2.91. The van der Waals surface area contributed by atoms with Gasteiger partial charge in [0.2, 0.25) is 0 Å². The van der Waals surface area contributed by atoms with Crippen LogP contribution in [0.4, 0.5) is 29.1 Å². The number of methoxy groups -OCH3 is 1. The van der Waals surface area contributed by atoms with Crippen molar-refractivity contribution in [2.45, 2.75) is 51.7 Å². The molecule has 5 rings (SSSR count). The molecule has 1 unspecified atom stereocenters. The zero-order valence-corrected chi connectivity index (χ0v) is 22.6. The number of hydrogen-bond donors (Lipinski definition) is 2. The van der Waals surface area contributed by atoms with Gasteiger partial charge in [0, 0.05) is 43.2 Å². The second-order valence-electron chi connectivity index (χ2n) is 9.51. The van der Waals surface area contributed by atoms with E-state index in [-0.39, 0.29) is 24.9 Å². The van der Waals surface area contributed by atoms with Crippen molar-refractivity contribution in [3.05, 3.63) is 56.2 Å². The molecule has 2 aromatic heterocycles. The second kappa shape index (κ2) is 10.4. The molecule has 10 nitrogen and oxygen atoms in total. The number of amides is 1. The lowest BCUT2D eigenvalue weighted by atomic mass is 9.93. The maximum absolute atomic E-state index is 15.1. The average molecular weight is 584 g/mol. The summed E-state index contributed by atoms with van der Waals surface area (Å²) < 4.78 is 69.8. The summed E-state index contributed by atoms with van der Waals surface area (Å²) in [4.78, 5) is 23.2. The molecule has 2 aliphatic rings. The first-order valence-corrected chi connectivity index (χ1v) is 12.8. The van der Waals surface area contributed by atoms with Gasteiger partial charge < -0.3 is 25.4 Å². The number of nitrogen functional groups attached to an aromatic ring is 1. The van der Waals surface area contributed by atoms with Gasteiger partial charge in [0.1, 0.15) is 5.82 Å². The SMILES string of the molecule is CNC(=O)c1nn2c(c1C)CN(c1nc(OC)nc3c1COC(c1c(F)c(N)cc(Cl)c1C(F)(F)F)C3)CCC2. The minimum Gasteiger partial charge on any atom is -0.467 e.